The summed E-state index contributed by atoms with van der Waals surface area (Å²) in [5.74, 6) is 0.920. The molecule has 0 atom stereocenters. The number of nitrogens with one attached hydrogen (secondary N) is 1. The molecule has 1 saturated carbocycles. The maximum Gasteiger partial charge on any atom is 0.239 e. The molecule has 1 aromatic heterocycles. The van der Waals surface area contributed by atoms with Crippen LogP contribution >= 0.6 is 0 Å². The Labute approximate surface area is 99.2 Å². The lowest BCUT2D eigenvalue weighted by Gasteiger charge is -2.17. The Morgan fingerprint density at radius 1 is 1.53 bits per heavy atom. The summed E-state index contributed by atoms with van der Waals surface area (Å²) in [5, 5.41) is 2.90. The predicted octanol–water partition coefficient (Wildman–Crippen LogP) is -0.644. The quantitative estimate of drug-likeness (QED) is 0.641. The van der Waals surface area contributed by atoms with Gasteiger partial charge in [-0.1, -0.05) is 0 Å². The monoisotopic (exact) mass is 236 g/mol. The summed E-state index contributed by atoms with van der Waals surface area (Å²) in [5.41, 5.74) is 11.0. The van der Waals surface area contributed by atoms with Crippen molar-refractivity contribution < 1.29 is 4.79 Å². The van der Waals surface area contributed by atoms with E-state index in [0.717, 1.165) is 12.8 Å². The molecule has 1 aliphatic carbocycles. The molecule has 17 heavy (non-hydrogen) atoms. The van der Waals surface area contributed by atoms with Gasteiger partial charge in [0.2, 0.25) is 11.9 Å². The molecule has 92 valence electrons. The third-order valence-electron chi connectivity index (χ3n) is 2.46. The van der Waals surface area contributed by atoms with Crippen LogP contribution in [0.4, 0.5) is 17.6 Å². The first kappa shape index (κ1) is 11.4. The zero-order valence-electron chi connectivity index (χ0n) is 9.68. The Hall–Kier alpha value is -2.05. The lowest BCUT2D eigenvalue weighted by Crippen LogP contribution is -2.36. The molecule has 0 spiro atoms. The Kier molecular flexibility index (Phi) is 2.99. The molecule has 1 heterocycles. The van der Waals surface area contributed by atoms with Crippen molar-refractivity contribution in [3.63, 3.8) is 0 Å². The second-order valence-electron chi connectivity index (χ2n) is 4.21. The van der Waals surface area contributed by atoms with Crippen LogP contribution < -0.4 is 21.7 Å². The highest BCUT2D eigenvalue weighted by Crippen LogP contribution is 2.18. The van der Waals surface area contributed by atoms with Crippen molar-refractivity contribution >= 4 is 23.5 Å². The molecule has 5 N–H and O–H groups in total. The molecule has 7 heteroatoms. The van der Waals surface area contributed by atoms with E-state index in [4.69, 9.17) is 11.5 Å². The summed E-state index contributed by atoms with van der Waals surface area (Å²) in [6.45, 7) is 0.229. The van der Waals surface area contributed by atoms with Crippen molar-refractivity contribution in [1.82, 2.24) is 15.3 Å². The first-order chi connectivity index (χ1) is 8.04. The fourth-order valence-corrected chi connectivity index (χ4v) is 1.46. The smallest absolute Gasteiger partial charge is 0.239 e. The van der Waals surface area contributed by atoms with Gasteiger partial charge in [0.05, 0.1) is 6.54 Å². The normalized spacial score (nSPS) is 14.4. The molecule has 0 radical (unpaired) electrons. The average molecular weight is 236 g/mol. The molecular weight excluding hydrogens is 220 g/mol. The van der Waals surface area contributed by atoms with Crippen LogP contribution in [0.15, 0.2) is 6.07 Å². The van der Waals surface area contributed by atoms with Gasteiger partial charge in [0.15, 0.2) is 0 Å². The zero-order valence-corrected chi connectivity index (χ0v) is 9.68. The van der Waals surface area contributed by atoms with Crippen molar-refractivity contribution in [3.8, 4) is 0 Å². The van der Waals surface area contributed by atoms with Crippen molar-refractivity contribution in [2.75, 3.05) is 30.0 Å². The Balaban J connectivity index is 1.97. The summed E-state index contributed by atoms with van der Waals surface area (Å²) in [7, 11) is 1.76. The van der Waals surface area contributed by atoms with Gasteiger partial charge < -0.3 is 21.7 Å². The van der Waals surface area contributed by atoms with Crippen LogP contribution in [0.5, 0.6) is 0 Å². The number of nitrogens with zero attached hydrogens (tertiary/aromatic N) is 3. The molecule has 0 aromatic carbocycles. The van der Waals surface area contributed by atoms with Crippen LogP contribution in [0.25, 0.3) is 0 Å². The summed E-state index contributed by atoms with van der Waals surface area (Å²) >= 11 is 0. The van der Waals surface area contributed by atoms with E-state index in [1.165, 1.54) is 0 Å². The maximum absolute atomic E-state index is 11.6. The Morgan fingerprint density at radius 3 is 2.82 bits per heavy atom. The molecule has 2 rings (SSSR count). The standard InChI is InChI=1S/C10H16N6O/c1-16(5-9(17)13-6-2-3-6)8-4-7(11)14-10(12)15-8/h4,6H,2-3,5H2,1H3,(H,13,17)(H4,11,12,14,15). The molecule has 1 aromatic rings. The van der Waals surface area contributed by atoms with E-state index < -0.39 is 0 Å². The molecular formula is C10H16N6O. The number of carbonyl (C=O) groups is 1. The van der Waals surface area contributed by atoms with Crippen molar-refractivity contribution in [2.24, 2.45) is 0 Å². The van der Waals surface area contributed by atoms with Gasteiger partial charge >= 0.3 is 0 Å². The number of likely N-dealkylation sites (N-methyl/N-ethyl adjacent to an activating group) is 1. The zero-order chi connectivity index (χ0) is 12.4. The van der Waals surface area contributed by atoms with Gasteiger partial charge in [0.1, 0.15) is 11.6 Å². The van der Waals surface area contributed by atoms with Gasteiger partial charge in [-0.15, -0.1) is 0 Å². The highest BCUT2D eigenvalue weighted by Gasteiger charge is 2.23. The van der Waals surface area contributed by atoms with E-state index in [1.54, 1.807) is 18.0 Å². The number of aromatic nitrogens is 2. The van der Waals surface area contributed by atoms with Crippen LogP contribution in [-0.2, 0) is 4.79 Å². The highest BCUT2D eigenvalue weighted by atomic mass is 16.2. The summed E-state index contributed by atoms with van der Waals surface area (Å²) in [6.07, 6.45) is 2.14. The minimum absolute atomic E-state index is 0.0224. The molecule has 1 amide bonds. The first-order valence-corrected chi connectivity index (χ1v) is 5.45. The van der Waals surface area contributed by atoms with Crippen molar-refractivity contribution in [1.29, 1.82) is 0 Å². The van der Waals surface area contributed by atoms with E-state index >= 15 is 0 Å². The van der Waals surface area contributed by atoms with E-state index in [-0.39, 0.29) is 18.4 Å². The maximum atomic E-state index is 11.6. The van der Waals surface area contributed by atoms with Crippen molar-refractivity contribution in [3.05, 3.63) is 6.07 Å². The number of amides is 1. The van der Waals surface area contributed by atoms with Gasteiger partial charge in [-0.3, -0.25) is 4.79 Å². The van der Waals surface area contributed by atoms with Gasteiger partial charge in [-0.05, 0) is 12.8 Å². The summed E-state index contributed by atoms with van der Waals surface area (Å²) in [6, 6.07) is 1.94. The van der Waals surface area contributed by atoms with E-state index in [0.29, 0.717) is 17.7 Å². The minimum atomic E-state index is -0.0224. The fraction of sp³-hybridized carbons (Fsp3) is 0.500. The lowest BCUT2D eigenvalue weighted by atomic mass is 10.4. The number of carbonyl (C=O) groups excluding carboxylic acids is 1. The van der Waals surface area contributed by atoms with Gasteiger partial charge in [-0.25, -0.2) is 0 Å². The summed E-state index contributed by atoms with van der Waals surface area (Å²) < 4.78 is 0. The van der Waals surface area contributed by atoms with Gasteiger partial charge in [0.25, 0.3) is 0 Å². The second kappa shape index (κ2) is 4.44. The predicted molar refractivity (Wildman–Crippen MR) is 65.3 cm³/mol. The van der Waals surface area contributed by atoms with Crippen LogP contribution in [0.3, 0.4) is 0 Å². The fourth-order valence-electron chi connectivity index (χ4n) is 1.46. The Bertz CT molecular complexity index is 411. The van der Waals surface area contributed by atoms with Gasteiger partial charge in [-0.2, -0.15) is 9.97 Å². The third kappa shape index (κ3) is 3.20. The van der Waals surface area contributed by atoms with Crippen molar-refractivity contribution in [2.45, 2.75) is 18.9 Å². The number of anilines is 3. The second-order valence-corrected chi connectivity index (χ2v) is 4.21. The third-order valence-corrected chi connectivity index (χ3v) is 2.46. The number of nitrogens with two attached hydrogens (primary N) is 2. The Morgan fingerprint density at radius 2 is 2.24 bits per heavy atom. The van der Waals surface area contributed by atoms with E-state index in [2.05, 4.69) is 15.3 Å². The highest BCUT2D eigenvalue weighted by molar-refractivity contribution is 5.81. The lowest BCUT2D eigenvalue weighted by molar-refractivity contribution is -0.119. The average Bonchev–Trinajstić information content (AvgIpc) is 2.99. The van der Waals surface area contributed by atoms with Crippen LogP contribution in [0, 0.1) is 0 Å². The number of hydrogen-bond acceptors (Lipinski definition) is 6. The number of rotatable bonds is 4. The molecule has 7 nitrogen and oxygen atoms in total. The summed E-state index contributed by atoms with van der Waals surface area (Å²) in [4.78, 5) is 21.1. The molecule has 1 fully saturated rings. The van der Waals surface area contributed by atoms with E-state index in [9.17, 15) is 4.79 Å². The minimum Gasteiger partial charge on any atom is -0.383 e. The number of hydrogen-bond donors (Lipinski definition) is 3. The molecule has 0 unspecified atom stereocenters. The topological polar surface area (TPSA) is 110 Å². The van der Waals surface area contributed by atoms with Crippen LogP contribution in [-0.4, -0.2) is 35.5 Å². The number of nitrogen functional groups attached to an aromatic ring is 2. The molecule has 0 aliphatic heterocycles. The van der Waals surface area contributed by atoms with Crippen LogP contribution in [0.2, 0.25) is 0 Å². The molecule has 0 saturated heterocycles. The SMILES string of the molecule is CN(CC(=O)NC1CC1)c1cc(N)nc(N)n1. The van der Waals surface area contributed by atoms with Crippen LogP contribution in [0.1, 0.15) is 12.8 Å². The largest absolute Gasteiger partial charge is 0.383 e. The first-order valence-electron chi connectivity index (χ1n) is 5.45. The van der Waals surface area contributed by atoms with E-state index in [1.807, 2.05) is 0 Å². The molecule has 1 aliphatic rings. The molecule has 0 bridgehead atoms. The van der Waals surface area contributed by atoms with Gasteiger partial charge in [0, 0.05) is 19.2 Å².